The lowest BCUT2D eigenvalue weighted by Crippen LogP contribution is -2.45. The van der Waals surface area contributed by atoms with E-state index < -0.39 is 17.5 Å². The molecule has 0 aliphatic carbocycles. The zero-order chi connectivity index (χ0) is 21.3. The molecule has 1 aromatic heterocycles. The highest BCUT2D eigenvalue weighted by Crippen LogP contribution is 2.32. The van der Waals surface area contributed by atoms with E-state index in [-0.39, 0.29) is 18.5 Å². The largest absolute Gasteiger partial charge is 0.353 e. The van der Waals surface area contributed by atoms with Gasteiger partial charge in [0.1, 0.15) is 12.1 Å². The Morgan fingerprint density at radius 2 is 1.87 bits per heavy atom. The highest BCUT2D eigenvalue weighted by atomic mass is 16.2. The molecule has 0 saturated carbocycles. The summed E-state index contributed by atoms with van der Waals surface area (Å²) in [6.45, 7) is 2.08. The highest BCUT2D eigenvalue weighted by molar-refractivity contribution is 6.09. The Kier molecular flexibility index (Phi) is 5.37. The van der Waals surface area contributed by atoms with E-state index in [1.807, 2.05) is 65.2 Å². The number of aryl methyl sites for hydroxylation is 1. The van der Waals surface area contributed by atoms with Gasteiger partial charge in [0, 0.05) is 25.5 Å². The van der Waals surface area contributed by atoms with Crippen LogP contribution in [-0.4, -0.2) is 45.3 Å². The summed E-state index contributed by atoms with van der Waals surface area (Å²) in [7, 11) is 1.98. The molecule has 1 aromatic carbocycles. The van der Waals surface area contributed by atoms with Crippen molar-refractivity contribution in [1.82, 2.24) is 19.7 Å². The first-order valence-electron chi connectivity index (χ1n) is 10.5. The van der Waals surface area contributed by atoms with Crippen molar-refractivity contribution in [2.45, 2.75) is 44.2 Å². The van der Waals surface area contributed by atoms with E-state index in [2.05, 4.69) is 5.32 Å². The minimum absolute atomic E-state index is 0.0405. The van der Waals surface area contributed by atoms with Crippen LogP contribution in [0.3, 0.4) is 0 Å². The molecule has 0 radical (unpaired) electrons. The first kappa shape index (κ1) is 20.2. The molecule has 2 aromatic rings. The number of rotatable bonds is 4. The molecule has 158 valence electrons. The van der Waals surface area contributed by atoms with E-state index in [4.69, 9.17) is 0 Å². The molecule has 2 saturated heterocycles. The van der Waals surface area contributed by atoms with E-state index in [9.17, 15) is 14.4 Å². The topological polar surface area (TPSA) is 74.7 Å². The fourth-order valence-electron chi connectivity index (χ4n) is 4.57. The molecule has 4 rings (SSSR count). The van der Waals surface area contributed by atoms with Gasteiger partial charge in [0.15, 0.2) is 0 Å². The SMILES string of the molecule is Cn1cccc1C1CCCCCN1C(=O)CN1C(=O)NC(C)(c2ccccc2)C1=O. The predicted octanol–water partition coefficient (Wildman–Crippen LogP) is 2.94. The number of likely N-dealkylation sites (tertiary alicyclic amines) is 1. The zero-order valence-electron chi connectivity index (χ0n) is 17.5. The number of nitrogens with one attached hydrogen (secondary N) is 1. The molecule has 1 N–H and O–H groups in total. The van der Waals surface area contributed by atoms with Crippen LogP contribution in [0.25, 0.3) is 0 Å². The van der Waals surface area contributed by atoms with Crippen molar-refractivity contribution in [3.63, 3.8) is 0 Å². The van der Waals surface area contributed by atoms with Crippen LogP contribution < -0.4 is 5.32 Å². The number of urea groups is 1. The molecular formula is C23H28N4O3. The Morgan fingerprint density at radius 1 is 1.10 bits per heavy atom. The number of carbonyl (C=O) groups excluding carboxylic acids is 3. The quantitative estimate of drug-likeness (QED) is 0.791. The Balaban J connectivity index is 1.55. The van der Waals surface area contributed by atoms with E-state index in [1.54, 1.807) is 6.92 Å². The Hall–Kier alpha value is -3.09. The Labute approximate surface area is 176 Å². The predicted molar refractivity (Wildman–Crippen MR) is 112 cm³/mol. The van der Waals surface area contributed by atoms with Crippen LogP contribution in [0.15, 0.2) is 48.7 Å². The number of amides is 4. The molecule has 30 heavy (non-hydrogen) atoms. The van der Waals surface area contributed by atoms with Gasteiger partial charge >= 0.3 is 6.03 Å². The van der Waals surface area contributed by atoms with Gasteiger partial charge in [0.25, 0.3) is 5.91 Å². The van der Waals surface area contributed by atoms with Gasteiger partial charge in [-0.2, -0.15) is 0 Å². The maximum atomic E-state index is 13.3. The summed E-state index contributed by atoms with van der Waals surface area (Å²) in [5.41, 5.74) is 0.626. The molecule has 2 aliphatic rings. The molecule has 2 atom stereocenters. The highest BCUT2D eigenvalue weighted by Gasteiger charge is 2.49. The van der Waals surface area contributed by atoms with Crippen molar-refractivity contribution in [3.05, 3.63) is 59.9 Å². The van der Waals surface area contributed by atoms with Gasteiger partial charge < -0.3 is 14.8 Å². The average molecular weight is 409 g/mol. The molecule has 2 fully saturated rings. The number of nitrogens with zero attached hydrogens (tertiary/aromatic N) is 3. The van der Waals surface area contributed by atoms with Gasteiger partial charge in [-0.05, 0) is 37.5 Å². The summed E-state index contributed by atoms with van der Waals surface area (Å²) in [4.78, 5) is 42.0. The second kappa shape index (κ2) is 7.97. The van der Waals surface area contributed by atoms with Crippen LogP contribution in [0.5, 0.6) is 0 Å². The molecule has 7 nitrogen and oxygen atoms in total. The van der Waals surface area contributed by atoms with Gasteiger partial charge in [0.05, 0.1) is 6.04 Å². The van der Waals surface area contributed by atoms with Crippen LogP contribution in [0, 0.1) is 0 Å². The summed E-state index contributed by atoms with van der Waals surface area (Å²) < 4.78 is 2.04. The monoisotopic (exact) mass is 408 g/mol. The van der Waals surface area contributed by atoms with Crippen LogP contribution >= 0.6 is 0 Å². The maximum Gasteiger partial charge on any atom is 0.325 e. The van der Waals surface area contributed by atoms with Crippen molar-refractivity contribution in [2.75, 3.05) is 13.1 Å². The molecule has 0 spiro atoms. The van der Waals surface area contributed by atoms with Crippen molar-refractivity contribution in [2.24, 2.45) is 7.05 Å². The standard InChI is InChI=1S/C23H28N4O3/c1-23(17-10-5-3-6-11-17)21(29)27(22(30)24-23)16-20(28)26-15-8-4-7-12-19(26)18-13-9-14-25(18)2/h3,5-6,9-11,13-14,19H,4,7-8,12,15-16H2,1-2H3,(H,24,30). The number of hydrogen-bond acceptors (Lipinski definition) is 3. The van der Waals surface area contributed by atoms with E-state index in [1.165, 1.54) is 0 Å². The minimum atomic E-state index is -1.16. The Bertz CT molecular complexity index is 954. The molecule has 2 aliphatic heterocycles. The van der Waals surface area contributed by atoms with Crippen LogP contribution in [0.1, 0.15) is 49.9 Å². The fourth-order valence-corrected chi connectivity index (χ4v) is 4.57. The van der Waals surface area contributed by atoms with E-state index in [0.29, 0.717) is 12.1 Å². The first-order chi connectivity index (χ1) is 14.4. The minimum Gasteiger partial charge on any atom is -0.353 e. The van der Waals surface area contributed by atoms with Gasteiger partial charge in [0.2, 0.25) is 5.91 Å². The zero-order valence-corrected chi connectivity index (χ0v) is 17.5. The molecular weight excluding hydrogens is 380 g/mol. The van der Waals surface area contributed by atoms with Gasteiger partial charge in [-0.25, -0.2) is 4.79 Å². The van der Waals surface area contributed by atoms with E-state index >= 15 is 0 Å². The van der Waals surface area contributed by atoms with Crippen molar-refractivity contribution in [1.29, 1.82) is 0 Å². The van der Waals surface area contributed by atoms with Crippen molar-refractivity contribution >= 4 is 17.8 Å². The average Bonchev–Trinajstić information content (AvgIpc) is 3.14. The lowest BCUT2D eigenvalue weighted by molar-refractivity contribution is -0.140. The van der Waals surface area contributed by atoms with Gasteiger partial charge in [-0.1, -0.05) is 43.2 Å². The van der Waals surface area contributed by atoms with Crippen molar-refractivity contribution < 1.29 is 14.4 Å². The summed E-state index contributed by atoms with van der Waals surface area (Å²) in [5, 5.41) is 2.78. The van der Waals surface area contributed by atoms with Gasteiger partial charge in [-0.15, -0.1) is 0 Å². The third-order valence-electron chi connectivity index (χ3n) is 6.32. The molecule has 3 heterocycles. The van der Waals surface area contributed by atoms with E-state index in [0.717, 1.165) is 36.3 Å². The third kappa shape index (κ3) is 3.49. The summed E-state index contributed by atoms with van der Waals surface area (Å²) >= 11 is 0. The van der Waals surface area contributed by atoms with Crippen LogP contribution in [0.4, 0.5) is 4.79 Å². The van der Waals surface area contributed by atoms with Crippen LogP contribution in [0.2, 0.25) is 0 Å². The molecule has 7 heteroatoms. The van der Waals surface area contributed by atoms with Crippen molar-refractivity contribution in [3.8, 4) is 0 Å². The first-order valence-corrected chi connectivity index (χ1v) is 10.5. The van der Waals surface area contributed by atoms with Crippen LogP contribution in [-0.2, 0) is 22.2 Å². The fraction of sp³-hybridized carbons (Fsp3) is 0.435. The van der Waals surface area contributed by atoms with Gasteiger partial charge in [-0.3, -0.25) is 14.5 Å². The number of imide groups is 1. The lowest BCUT2D eigenvalue weighted by Gasteiger charge is -2.31. The Morgan fingerprint density at radius 3 is 2.57 bits per heavy atom. The number of hydrogen-bond donors (Lipinski definition) is 1. The molecule has 0 bridgehead atoms. The number of aromatic nitrogens is 1. The summed E-state index contributed by atoms with van der Waals surface area (Å²) in [6, 6.07) is 12.6. The summed E-state index contributed by atoms with van der Waals surface area (Å²) in [5.74, 6) is -0.582. The third-order valence-corrected chi connectivity index (χ3v) is 6.32. The smallest absolute Gasteiger partial charge is 0.325 e. The molecule has 2 unspecified atom stereocenters. The second-order valence-electron chi connectivity index (χ2n) is 8.31. The normalized spacial score (nSPS) is 24.7. The number of benzene rings is 1. The lowest BCUT2D eigenvalue weighted by atomic mass is 9.92. The molecule has 4 amide bonds. The maximum absolute atomic E-state index is 13.3. The summed E-state index contributed by atoms with van der Waals surface area (Å²) in [6.07, 6.45) is 5.90. The number of carbonyl (C=O) groups is 3. The second-order valence-corrected chi connectivity index (χ2v) is 8.31.